The standard InChI is InChI=1S/C17H10F3NO3.Eu.2H2O/c18-17(19,20)15(23)13-14(22)11-8-4-5-9-12(11)21(16(13)24)10-6-2-1-3-7-10;;;/h1-9,22H;;2*1H2/q;+3;;. The Morgan fingerprint density at radius 2 is 1.44 bits per heavy atom. The first-order valence-corrected chi connectivity index (χ1v) is 6.86. The fourth-order valence-corrected chi connectivity index (χ4v) is 2.51. The van der Waals surface area contributed by atoms with Crippen molar-refractivity contribution in [2.75, 3.05) is 0 Å². The summed E-state index contributed by atoms with van der Waals surface area (Å²) in [7, 11) is 0. The second kappa shape index (κ2) is 9.56. The van der Waals surface area contributed by atoms with Crippen LogP contribution in [0.25, 0.3) is 16.6 Å². The number of benzene rings is 2. The molecule has 10 heteroatoms. The second-order valence-corrected chi connectivity index (χ2v) is 5.04. The first-order chi connectivity index (χ1) is 11.3. The zero-order valence-corrected chi connectivity index (χ0v) is 15.8. The van der Waals surface area contributed by atoms with Gasteiger partial charge >= 0.3 is 55.6 Å². The number of pyridine rings is 1. The van der Waals surface area contributed by atoms with Gasteiger partial charge in [0.2, 0.25) is 0 Å². The van der Waals surface area contributed by atoms with Crippen LogP contribution < -0.4 is 5.56 Å². The van der Waals surface area contributed by atoms with Crippen LogP contribution >= 0.6 is 0 Å². The minimum Gasteiger partial charge on any atom is -0.506 e. The van der Waals surface area contributed by atoms with Crippen molar-refractivity contribution in [2.45, 2.75) is 6.18 Å². The van der Waals surface area contributed by atoms with Crippen LogP contribution in [0.1, 0.15) is 10.4 Å². The summed E-state index contributed by atoms with van der Waals surface area (Å²) in [5.41, 5.74) is -2.02. The molecule has 1 aromatic heterocycles. The second-order valence-electron chi connectivity index (χ2n) is 5.04. The fraction of sp³-hybridized carbons (Fsp3) is 0.0588. The van der Waals surface area contributed by atoms with E-state index >= 15 is 0 Å². The van der Waals surface area contributed by atoms with Gasteiger partial charge in [-0.15, -0.1) is 0 Å². The number of hydrogen-bond acceptors (Lipinski definition) is 3. The Labute approximate surface area is 191 Å². The summed E-state index contributed by atoms with van der Waals surface area (Å²) in [4.78, 5) is 24.2. The minimum absolute atomic E-state index is 0. The predicted octanol–water partition coefficient (Wildman–Crippen LogP) is 1.79. The summed E-state index contributed by atoms with van der Waals surface area (Å²) in [5, 5.41) is 10.1. The van der Waals surface area contributed by atoms with E-state index in [1.54, 1.807) is 24.3 Å². The third-order valence-corrected chi connectivity index (χ3v) is 3.55. The average molecular weight is 521 g/mol. The van der Waals surface area contributed by atoms with Crippen LogP contribution in [0.5, 0.6) is 5.75 Å². The van der Waals surface area contributed by atoms with Crippen molar-refractivity contribution < 1.29 is 83.4 Å². The van der Waals surface area contributed by atoms with Gasteiger partial charge in [-0.25, -0.2) is 0 Å². The summed E-state index contributed by atoms with van der Waals surface area (Å²) < 4.78 is 39.4. The van der Waals surface area contributed by atoms with E-state index in [1.165, 1.54) is 30.3 Å². The smallest absolute Gasteiger partial charge is 0.506 e. The largest absolute Gasteiger partial charge is 3.00 e. The van der Waals surface area contributed by atoms with E-state index in [0.29, 0.717) is 0 Å². The predicted molar refractivity (Wildman–Crippen MR) is 88.8 cm³/mol. The van der Waals surface area contributed by atoms with Gasteiger partial charge in [0.05, 0.1) is 5.52 Å². The van der Waals surface area contributed by atoms with Crippen LogP contribution in [0.2, 0.25) is 0 Å². The number of para-hydroxylation sites is 2. The number of ketones is 1. The number of carbonyl (C=O) groups is 1. The molecule has 3 rings (SSSR count). The van der Waals surface area contributed by atoms with Gasteiger partial charge in [0.25, 0.3) is 11.3 Å². The topological polar surface area (TPSA) is 122 Å². The molecule has 0 amide bonds. The Bertz CT molecular complexity index is 1000. The maximum Gasteiger partial charge on any atom is 3.00 e. The maximum atomic E-state index is 12.8. The molecule has 0 aliphatic carbocycles. The average Bonchev–Trinajstić information content (AvgIpc) is 2.55. The van der Waals surface area contributed by atoms with Crippen molar-refractivity contribution in [2.24, 2.45) is 0 Å². The first kappa shape index (κ1) is 25.4. The molecule has 0 aliphatic heterocycles. The van der Waals surface area contributed by atoms with Crippen LogP contribution in [0.15, 0.2) is 59.4 Å². The Balaban J connectivity index is 0.00000225. The molecule has 142 valence electrons. The Hall–Kier alpha value is -1.59. The fourth-order valence-electron chi connectivity index (χ4n) is 2.51. The summed E-state index contributed by atoms with van der Waals surface area (Å²) >= 11 is 0. The Morgan fingerprint density at radius 1 is 0.926 bits per heavy atom. The normalized spacial score (nSPS) is 10.3. The van der Waals surface area contributed by atoms with Crippen LogP contribution in [0.3, 0.4) is 0 Å². The number of rotatable bonds is 2. The van der Waals surface area contributed by atoms with E-state index in [-0.39, 0.29) is 76.9 Å². The number of fused-ring (bicyclic) bond motifs is 1. The van der Waals surface area contributed by atoms with Gasteiger partial charge in [0.15, 0.2) is 0 Å². The van der Waals surface area contributed by atoms with Gasteiger partial charge < -0.3 is 16.1 Å². The van der Waals surface area contributed by atoms with Crippen molar-refractivity contribution in [3.8, 4) is 11.4 Å². The van der Waals surface area contributed by atoms with Crippen molar-refractivity contribution in [1.29, 1.82) is 0 Å². The monoisotopic (exact) mass is 522 g/mol. The molecule has 3 aromatic rings. The molecule has 0 fully saturated rings. The van der Waals surface area contributed by atoms with Crippen molar-refractivity contribution in [3.63, 3.8) is 0 Å². The minimum atomic E-state index is -5.27. The van der Waals surface area contributed by atoms with Crippen LogP contribution in [0.4, 0.5) is 13.2 Å². The molecule has 0 atom stereocenters. The summed E-state index contributed by atoms with van der Waals surface area (Å²) in [5.74, 6) is -3.34. The molecule has 1 heterocycles. The van der Waals surface area contributed by atoms with E-state index in [4.69, 9.17) is 0 Å². The van der Waals surface area contributed by atoms with Crippen molar-refractivity contribution >= 4 is 16.7 Å². The molecule has 2 aromatic carbocycles. The van der Waals surface area contributed by atoms with E-state index < -0.39 is 28.8 Å². The molecular formula is C17H14EuF3NO5+3. The number of hydrogen-bond donors (Lipinski definition) is 1. The van der Waals surface area contributed by atoms with Gasteiger partial charge in [-0.05, 0) is 24.3 Å². The third kappa shape index (κ3) is 4.64. The molecule has 0 spiro atoms. The number of carbonyl (C=O) groups excluding carboxylic acids is 1. The van der Waals surface area contributed by atoms with Gasteiger partial charge in [-0.2, -0.15) is 13.2 Å². The molecule has 0 bridgehead atoms. The molecular weight excluding hydrogens is 507 g/mol. The SMILES string of the molecule is O.O.O=C(c1c(O)c2ccccc2n(-c2ccccc2)c1=O)C(F)(F)F.[Eu+3]. The van der Waals surface area contributed by atoms with E-state index in [2.05, 4.69) is 0 Å². The zero-order valence-electron chi connectivity index (χ0n) is 13.4. The summed E-state index contributed by atoms with van der Waals surface area (Å²) in [6, 6.07) is 13.8. The van der Waals surface area contributed by atoms with Gasteiger partial charge in [-0.1, -0.05) is 30.3 Å². The van der Waals surface area contributed by atoms with Gasteiger partial charge in [0.1, 0.15) is 11.3 Å². The molecule has 5 N–H and O–H groups in total. The summed E-state index contributed by atoms with van der Waals surface area (Å²) in [6.07, 6.45) is -5.27. The van der Waals surface area contributed by atoms with E-state index in [0.717, 1.165) is 4.57 Å². The van der Waals surface area contributed by atoms with Crippen molar-refractivity contribution in [1.82, 2.24) is 4.57 Å². The third-order valence-electron chi connectivity index (χ3n) is 3.55. The van der Waals surface area contributed by atoms with Gasteiger partial charge in [0, 0.05) is 11.1 Å². The molecule has 0 saturated carbocycles. The molecule has 0 saturated heterocycles. The Kier molecular flexibility index (Phi) is 9.00. The molecule has 0 radical (unpaired) electrons. The zero-order chi connectivity index (χ0) is 17.5. The quantitative estimate of drug-likeness (QED) is 0.518. The van der Waals surface area contributed by atoms with Crippen LogP contribution in [0, 0.1) is 49.4 Å². The first-order valence-electron chi connectivity index (χ1n) is 6.86. The molecule has 27 heavy (non-hydrogen) atoms. The number of Topliss-reactive ketones (excluding diaryl/α,β-unsaturated/α-hetero) is 1. The van der Waals surface area contributed by atoms with E-state index in [1.807, 2.05) is 0 Å². The van der Waals surface area contributed by atoms with Crippen LogP contribution in [-0.2, 0) is 0 Å². The maximum absolute atomic E-state index is 12.8. The number of halogens is 3. The number of alkyl halides is 3. The van der Waals surface area contributed by atoms with Crippen LogP contribution in [-0.4, -0.2) is 32.6 Å². The van der Waals surface area contributed by atoms with Crippen molar-refractivity contribution in [3.05, 3.63) is 70.5 Å². The number of aromatic hydroxyl groups is 1. The van der Waals surface area contributed by atoms with E-state index in [9.17, 15) is 27.9 Å². The molecule has 0 aliphatic rings. The van der Waals surface area contributed by atoms with Gasteiger partial charge in [-0.3, -0.25) is 14.2 Å². The number of aromatic nitrogens is 1. The summed E-state index contributed by atoms with van der Waals surface area (Å²) in [6.45, 7) is 0. The Morgan fingerprint density at radius 3 is 2.00 bits per heavy atom. The number of nitrogens with zero attached hydrogens (tertiary/aromatic N) is 1. The molecule has 6 nitrogen and oxygen atoms in total. The molecule has 0 unspecified atom stereocenters.